The molecule has 0 bridgehead atoms. The van der Waals surface area contributed by atoms with Crippen molar-refractivity contribution in [3.63, 3.8) is 0 Å². The lowest BCUT2D eigenvalue weighted by Crippen LogP contribution is -2.57. The van der Waals surface area contributed by atoms with Crippen molar-refractivity contribution in [2.24, 2.45) is 0 Å². The van der Waals surface area contributed by atoms with Crippen LogP contribution in [0.1, 0.15) is 5.56 Å². The van der Waals surface area contributed by atoms with Crippen molar-refractivity contribution in [3.05, 3.63) is 64.6 Å². The Morgan fingerprint density at radius 3 is 2.37 bits per heavy atom. The summed E-state index contributed by atoms with van der Waals surface area (Å²) >= 11 is 3.72. The minimum absolute atomic E-state index is 0.0877. The molecule has 2 heterocycles. The topological polar surface area (TPSA) is 59.8 Å². The molecule has 0 spiro atoms. The monoisotopic (exact) mass is 454 g/mol. The summed E-state index contributed by atoms with van der Waals surface area (Å²) in [6.45, 7) is 0. The van der Waals surface area contributed by atoms with E-state index in [1.807, 2.05) is 0 Å². The molecule has 1 aliphatic heterocycles. The predicted molar refractivity (Wildman–Crippen MR) is 97.1 cm³/mol. The number of rotatable bonds is 2. The van der Waals surface area contributed by atoms with Gasteiger partial charge in [0, 0.05) is 10.0 Å². The Labute approximate surface area is 164 Å². The Balaban J connectivity index is 1.82. The molecule has 1 N–H and O–H groups in total. The van der Waals surface area contributed by atoms with Gasteiger partial charge in [0.15, 0.2) is 11.0 Å². The van der Waals surface area contributed by atoms with E-state index in [2.05, 4.69) is 31.3 Å². The van der Waals surface area contributed by atoms with Gasteiger partial charge in [-0.05, 0) is 29.5 Å². The molecule has 1 atom stereocenters. The standard InChI is InChI=1S/C17H10BrF3N4OS/c18-12-8-6-10(7-9-12)13-22-15-25(24-13)14(26)23-16(27-15,17(19,20)21)11-4-2-1-3-5-11/h1-9H,(H,23,26)/t16-/m0/s1. The number of fused-ring (bicyclic) bond motifs is 1. The van der Waals surface area contributed by atoms with E-state index in [4.69, 9.17) is 0 Å². The van der Waals surface area contributed by atoms with Crippen molar-refractivity contribution >= 4 is 33.7 Å². The molecule has 0 saturated heterocycles. The third-order valence-electron chi connectivity index (χ3n) is 3.98. The number of nitrogens with zero attached hydrogens (tertiary/aromatic N) is 3. The highest BCUT2D eigenvalue weighted by Crippen LogP contribution is 2.51. The van der Waals surface area contributed by atoms with Crippen LogP contribution in [0.5, 0.6) is 0 Å². The third-order valence-corrected chi connectivity index (χ3v) is 5.83. The maximum absolute atomic E-state index is 14.0. The first-order valence-electron chi connectivity index (χ1n) is 7.67. The number of aromatic nitrogens is 3. The second kappa shape index (κ2) is 6.38. The molecule has 0 aliphatic carbocycles. The van der Waals surface area contributed by atoms with Crippen molar-refractivity contribution in [2.75, 3.05) is 0 Å². The number of halogens is 4. The molecule has 0 saturated carbocycles. The number of amides is 1. The first-order chi connectivity index (χ1) is 12.8. The molecule has 4 rings (SSSR count). The van der Waals surface area contributed by atoms with Gasteiger partial charge in [-0.3, -0.25) is 0 Å². The van der Waals surface area contributed by atoms with E-state index in [1.165, 1.54) is 24.3 Å². The summed E-state index contributed by atoms with van der Waals surface area (Å²) in [6.07, 6.45) is -4.75. The number of hydrogen-bond acceptors (Lipinski definition) is 4. The summed E-state index contributed by atoms with van der Waals surface area (Å²) in [5, 5.41) is 6.00. The van der Waals surface area contributed by atoms with Crippen molar-refractivity contribution in [2.45, 2.75) is 16.2 Å². The average molecular weight is 455 g/mol. The molecule has 0 unspecified atom stereocenters. The summed E-state index contributed by atoms with van der Waals surface area (Å²) in [5.41, 5.74) is 0.501. The molecular formula is C17H10BrF3N4OS. The zero-order chi connectivity index (χ0) is 19.2. The number of benzene rings is 2. The highest BCUT2D eigenvalue weighted by atomic mass is 79.9. The SMILES string of the molecule is O=C1N[C@](c2ccccc2)(C(F)(F)F)Sc2nc(-c3ccc(Br)cc3)nn21. The first kappa shape index (κ1) is 18.1. The van der Waals surface area contributed by atoms with Crippen molar-refractivity contribution in [1.82, 2.24) is 20.1 Å². The quantitative estimate of drug-likeness (QED) is 0.604. The van der Waals surface area contributed by atoms with Gasteiger partial charge in [0.1, 0.15) is 0 Å². The van der Waals surface area contributed by atoms with Gasteiger partial charge in [0.25, 0.3) is 0 Å². The maximum atomic E-state index is 14.0. The lowest BCUT2D eigenvalue weighted by molar-refractivity contribution is -0.168. The Kier molecular flexibility index (Phi) is 4.26. The lowest BCUT2D eigenvalue weighted by atomic mass is 10.1. The van der Waals surface area contributed by atoms with Gasteiger partial charge in [0.05, 0.1) is 0 Å². The number of carbonyl (C=O) groups excluding carboxylic acids is 1. The predicted octanol–water partition coefficient (Wildman–Crippen LogP) is 4.79. The zero-order valence-electron chi connectivity index (χ0n) is 13.4. The van der Waals surface area contributed by atoms with Crippen LogP contribution in [0.4, 0.5) is 18.0 Å². The largest absolute Gasteiger partial charge is 0.425 e. The summed E-state index contributed by atoms with van der Waals surface area (Å²) < 4.78 is 43.8. The summed E-state index contributed by atoms with van der Waals surface area (Å²) in [4.78, 5) is 14.0. The average Bonchev–Trinajstić information content (AvgIpc) is 3.06. The molecule has 1 aliphatic rings. The van der Waals surface area contributed by atoms with Crippen molar-refractivity contribution in [3.8, 4) is 11.4 Å². The highest BCUT2D eigenvalue weighted by molar-refractivity contribution is 9.10. The number of carbonyl (C=O) groups is 1. The Morgan fingerprint density at radius 2 is 1.74 bits per heavy atom. The number of alkyl halides is 3. The van der Waals surface area contributed by atoms with E-state index in [0.717, 1.165) is 9.15 Å². The van der Waals surface area contributed by atoms with Gasteiger partial charge in [-0.1, -0.05) is 58.4 Å². The van der Waals surface area contributed by atoms with Crippen LogP contribution in [0.25, 0.3) is 11.4 Å². The highest BCUT2D eigenvalue weighted by Gasteiger charge is 2.61. The van der Waals surface area contributed by atoms with Gasteiger partial charge in [-0.15, -0.1) is 5.10 Å². The van der Waals surface area contributed by atoms with Crippen LogP contribution in [-0.4, -0.2) is 27.0 Å². The van der Waals surface area contributed by atoms with Gasteiger partial charge in [-0.25, -0.2) is 9.78 Å². The van der Waals surface area contributed by atoms with E-state index in [1.54, 1.807) is 30.3 Å². The molecule has 2 aromatic carbocycles. The fraction of sp³-hybridized carbons (Fsp3) is 0.118. The Bertz CT molecular complexity index is 1010. The summed E-state index contributed by atoms with van der Waals surface area (Å²) in [5.74, 6) is 0.172. The lowest BCUT2D eigenvalue weighted by Gasteiger charge is -2.37. The van der Waals surface area contributed by atoms with Crippen LogP contribution in [0.3, 0.4) is 0 Å². The van der Waals surface area contributed by atoms with Crippen LogP contribution in [0.2, 0.25) is 0 Å². The van der Waals surface area contributed by atoms with Crippen molar-refractivity contribution < 1.29 is 18.0 Å². The second-order valence-electron chi connectivity index (χ2n) is 5.71. The third kappa shape index (κ3) is 3.02. The van der Waals surface area contributed by atoms with Crippen molar-refractivity contribution in [1.29, 1.82) is 0 Å². The van der Waals surface area contributed by atoms with Crippen LogP contribution in [0.15, 0.2) is 64.2 Å². The van der Waals surface area contributed by atoms with Gasteiger partial charge in [-0.2, -0.15) is 17.9 Å². The van der Waals surface area contributed by atoms with Crippen LogP contribution in [0, 0.1) is 0 Å². The van der Waals surface area contributed by atoms with E-state index < -0.39 is 17.1 Å². The van der Waals surface area contributed by atoms with Crippen LogP contribution < -0.4 is 5.32 Å². The number of hydrogen-bond donors (Lipinski definition) is 1. The Hall–Kier alpha value is -2.33. The van der Waals surface area contributed by atoms with E-state index >= 15 is 0 Å². The molecule has 27 heavy (non-hydrogen) atoms. The van der Waals surface area contributed by atoms with E-state index in [9.17, 15) is 18.0 Å². The minimum Gasteiger partial charge on any atom is -0.309 e. The second-order valence-corrected chi connectivity index (χ2v) is 7.81. The fourth-order valence-electron chi connectivity index (χ4n) is 2.68. The molecule has 1 aromatic heterocycles. The molecule has 0 fully saturated rings. The number of nitrogens with one attached hydrogen (secondary N) is 1. The molecule has 10 heteroatoms. The van der Waals surface area contributed by atoms with Gasteiger partial charge >= 0.3 is 12.2 Å². The molecule has 1 amide bonds. The minimum atomic E-state index is -4.75. The van der Waals surface area contributed by atoms with Crippen LogP contribution >= 0.6 is 27.7 Å². The smallest absolute Gasteiger partial charge is 0.309 e. The molecule has 138 valence electrons. The fourth-order valence-corrected chi connectivity index (χ4v) is 4.07. The normalized spacial score (nSPS) is 19.5. The molecular weight excluding hydrogens is 445 g/mol. The molecule has 0 radical (unpaired) electrons. The summed E-state index contributed by atoms with van der Waals surface area (Å²) in [7, 11) is 0. The number of thioether (sulfide) groups is 1. The van der Waals surface area contributed by atoms with E-state index in [0.29, 0.717) is 17.3 Å². The molecule has 5 nitrogen and oxygen atoms in total. The van der Waals surface area contributed by atoms with Crippen LogP contribution in [-0.2, 0) is 4.87 Å². The Morgan fingerprint density at radius 1 is 1.07 bits per heavy atom. The molecule has 3 aromatic rings. The maximum Gasteiger partial charge on any atom is 0.425 e. The zero-order valence-corrected chi connectivity index (χ0v) is 15.8. The van der Waals surface area contributed by atoms with E-state index in [-0.39, 0.29) is 16.5 Å². The van der Waals surface area contributed by atoms with Gasteiger partial charge < -0.3 is 5.32 Å². The summed E-state index contributed by atoms with van der Waals surface area (Å²) in [6, 6.07) is 13.2. The first-order valence-corrected chi connectivity index (χ1v) is 9.28. The van der Waals surface area contributed by atoms with Gasteiger partial charge in [0.2, 0.25) is 4.87 Å².